The van der Waals surface area contributed by atoms with Crippen LogP contribution in [0.15, 0.2) is 53.4 Å². The van der Waals surface area contributed by atoms with Crippen molar-refractivity contribution in [1.82, 2.24) is 4.90 Å². The molecule has 2 aromatic rings. The van der Waals surface area contributed by atoms with Gasteiger partial charge in [0.05, 0.1) is 12.0 Å². The van der Waals surface area contributed by atoms with E-state index in [1.807, 2.05) is 0 Å². The minimum absolute atomic E-state index is 0.00440. The fourth-order valence-electron chi connectivity index (χ4n) is 2.69. The summed E-state index contributed by atoms with van der Waals surface area (Å²) in [6.45, 7) is 0.818. The fourth-order valence-corrected chi connectivity index (χ4v) is 4.85. The van der Waals surface area contributed by atoms with Crippen LogP contribution >= 0.6 is 0 Å². The molecule has 0 aromatic heterocycles. The zero-order chi connectivity index (χ0) is 19.4. The normalized spacial score (nSPS) is 15.4. The van der Waals surface area contributed by atoms with E-state index in [9.17, 15) is 17.4 Å². The number of ether oxygens (including phenoxy) is 1. The standard InChI is InChI=1S/C18H20N2O5S2/c1-25-16-7-5-15(6-8-16)19-27(23,24)17-4-2-3-14(13-17)18(21)20-9-11-26(22)12-10-20/h2-8,13,19H,9-12H2,1H3. The predicted octanol–water partition coefficient (Wildman–Crippen LogP) is 1.70. The van der Waals surface area contributed by atoms with E-state index >= 15 is 0 Å². The van der Waals surface area contributed by atoms with E-state index in [0.29, 0.717) is 41.6 Å². The van der Waals surface area contributed by atoms with Crippen LogP contribution in [0.25, 0.3) is 0 Å². The molecule has 1 saturated heterocycles. The smallest absolute Gasteiger partial charge is 0.261 e. The lowest BCUT2D eigenvalue weighted by molar-refractivity contribution is 0.0771. The number of hydrogen-bond donors (Lipinski definition) is 1. The van der Waals surface area contributed by atoms with Crippen LogP contribution in [-0.4, -0.2) is 55.1 Å². The van der Waals surface area contributed by atoms with E-state index in [1.54, 1.807) is 35.2 Å². The second-order valence-corrected chi connectivity index (χ2v) is 9.38. The van der Waals surface area contributed by atoms with Crippen LogP contribution < -0.4 is 9.46 Å². The lowest BCUT2D eigenvalue weighted by Crippen LogP contribution is -2.41. The van der Waals surface area contributed by atoms with E-state index in [0.717, 1.165) is 0 Å². The predicted molar refractivity (Wildman–Crippen MR) is 104 cm³/mol. The van der Waals surface area contributed by atoms with Gasteiger partial charge in [0.1, 0.15) is 5.75 Å². The highest BCUT2D eigenvalue weighted by Crippen LogP contribution is 2.20. The van der Waals surface area contributed by atoms with Gasteiger partial charge in [0, 0.05) is 46.6 Å². The maximum atomic E-state index is 12.6. The molecule has 0 bridgehead atoms. The Morgan fingerprint density at radius 1 is 1.11 bits per heavy atom. The van der Waals surface area contributed by atoms with Crippen molar-refractivity contribution < 1.29 is 22.2 Å². The molecule has 0 saturated carbocycles. The third kappa shape index (κ3) is 4.67. The fraction of sp³-hybridized carbons (Fsp3) is 0.278. The van der Waals surface area contributed by atoms with E-state index in [4.69, 9.17) is 4.74 Å². The maximum Gasteiger partial charge on any atom is 0.261 e. The Labute approximate surface area is 160 Å². The van der Waals surface area contributed by atoms with E-state index < -0.39 is 20.8 Å². The number of sulfonamides is 1. The maximum absolute atomic E-state index is 12.6. The molecule has 0 unspecified atom stereocenters. The van der Waals surface area contributed by atoms with Crippen LogP contribution in [0.2, 0.25) is 0 Å². The van der Waals surface area contributed by atoms with Gasteiger partial charge in [-0.15, -0.1) is 0 Å². The van der Waals surface area contributed by atoms with Crippen molar-refractivity contribution >= 4 is 32.4 Å². The second kappa shape index (κ2) is 8.10. The van der Waals surface area contributed by atoms with Crippen LogP contribution in [0.5, 0.6) is 5.75 Å². The Kier molecular flexibility index (Phi) is 5.81. The average Bonchev–Trinajstić information content (AvgIpc) is 2.68. The first kappa shape index (κ1) is 19.4. The van der Waals surface area contributed by atoms with Crippen LogP contribution in [0.3, 0.4) is 0 Å². The number of nitrogens with zero attached hydrogens (tertiary/aromatic N) is 1. The van der Waals surface area contributed by atoms with Crippen LogP contribution in [0.1, 0.15) is 10.4 Å². The summed E-state index contributed by atoms with van der Waals surface area (Å²) >= 11 is 0. The molecule has 1 aliphatic heterocycles. The molecule has 27 heavy (non-hydrogen) atoms. The lowest BCUT2D eigenvalue weighted by atomic mass is 10.2. The van der Waals surface area contributed by atoms with Gasteiger partial charge >= 0.3 is 0 Å². The van der Waals surface area contributed by atoms with E-state index in [2.05, 4.69) is 4.72 Å². The summed E-state index contributed by atoms with van der Waals surface area (Å²) in [6.07, 6.45) is 0. The number of carbonyl (C=O) groups excluding carboxylic acids is 1. The van der Waals surface area contributed by atoms with E-state index in [-0.39, 0.29) is 10.8 Å². The first-order chi connectivity index (χ1) is 12.9. The number of amides is 1. The third-order valence-electron chi connectivity index (χ3n) is 4.20. The minimum Gasteiger partial charge on any atom is -0.497 e. The molecule has 1 aliphatic rings. The van der Waals surface area contributed by atoms with Crippen molar-refractivity contribution in [3.63, 3.8) is 0 Å². The molecule has 0 aliphatic carbocycles. The largest absolute Gasteiger partial charge is 0.497 e. The Balaban J connectivity index is 1.78. The van der Waals surface area contributed by atoms with Gasteiger partial charge < -0.3 is 9.64 Å². The average molecular weight is 409 g/mol. The van der Waals surface area contributed by atoms with Crippen molar-refractivity contribution in [2.24, 2.45) is 0 Å². The molecule has 1 fully saturated rings. The number of hydrogen-bond acceptors (Lipinski definition) is 5. The first-order valence-corrected chi connectivity index (χ1v) is 11.3. The Morgan fingerprint density at radius 2 is 1.78 bits per heavy atom. The van der Waals surface area contributed by atoms with Crippen LogP contribution in [0, 0.1) is 0 Å². The molecule has 1 heterocycles. The second-order valence-electron chi connectivity index (χ2n) is 6.00. The molecule has 0 spiro atoms. The van der Waals surface area contributed by atoms with Gasteiger partial charge in [-0.2, -0.15) is 0 Å². The summed E-state index contributed by atoms with van der Waals surface area (Å²) in [4.78, 5) is 14.2. The summed E-state index contributed by atoms with van der Waals surface area (Å²) in [5, 5.41) is 0. The summed E-state index contributed by atoms with van der Waals surface area (Å²) in [5.41, 5.74) is 0.686. The SMILES string of the molecule is COc1ccc(NS(=O)(=O)c2cccc(C(=O)N3CCS(=O)CC3)c2)cc1. The van der Waals surface area contributed by atoms with E-state index in [1.165, 1.54) is 25.3 Å². The first-order valence-electron chi connectivity index (χ1n) is 8.30. The molecule has 144 valence electrons. The quantitative estimate of drug-likeness (QED) is 0.813. The number of methoxy groups -OCH3 is 1. The summed E-state index contributed by atoms with van der Waals surface area (Å²) < 4.78 is 44.3. The van der Waals surface area contributed by atoms with Crippen molar-refractivity contribution in [2.45, 2.75) is 4.90 Å². The van der Waals surface area contributed by atoms with Crippen molar-refractivity contribution in [2.75, 3.05) is 36.4 Å². The zero-order valence-corrected chi connectivity index (χ0v) is 16.4. The molecular weight excluding hydrogens is 388 g/mol. The topological polar surface area (TPSA) is 92.8 Å². The van der Waals surface area contributed by atoms with Gasteiger partial charge in [-0.1, -0.05) is 6.07 Å². The minimum atomic E-state index is -3.84. The number of nitrogens with one attached hydrogen (secondary N) is 1. The molecule has 0 radical (unpaired) electrons. The third-order valence-corrected chi connectivity index (χ3v) is 6.85. The van der Waals surface area contributed by atoms with Gasteiger partial charge in [0.2, 0.25) is 0 Å². The summed E-state index contributed by atoms with van der Waals surface area (Å²) in [6, 6.07) is 12.4. The number of rotatable bonds is 5. The molecule has 1 N–H and O–H groups in total. The van der Waals surface area contributed by atoms with Gasteiger partial charge in [0.25, 0.3) is 15.9 Å². The van der Waals surface area contributed by atoms with Crippen molar-refractivity contribution in [3.8, 4) is 5.75 Å². The van der Waals surface area contributed by atoms with Gasteiger partial charge in [-0.3, -0.25) is 13.7 Å². The zero-order valence-electron chi connectivity index (χ0n) is 14.8. The van der Waals surface area contributed by atoms with Crippen molar-refractivity contribution in [1.29, 1.82) is 0 Å². The highest BCUT2D eigenvalue weighted by atomic mass is 32.2. The molecule has 7 nitrogen and oxygen atoms in total. The highest BCUT2D eigenvalue weighted by molar-refractivity contribution is 7.92. The molecular formula is C18H20N2O5S2. The van der Waals surface area contributed by atoms with Gasteiger partial charge in [-0.25, -0.2) is 8.42 Å². The van der Waals surface area contributed by atoms with Crippen LogP contribution in [0.4, 0.5) is 5.69 Å². The number of carbonyl (C=O) groups is 1. The molecule has 0 atom stereocenters. The monoisotopic (exact) mass is 408 g/mol. The molecule has 2 aromatic carbocycles. The van der Waals surface area contributed by atoms with Crippen LogP contribution in [-0.2, 0) is 20.8 Å². The molecule has 3 rings (SSSR count). The summed E-state index contributed by atoms with van der Waals surface area (Å²) in [5.74, 6) is 1.26. The van der Waals surface area contributed by atoms with Gasteiger partial charge in [-0.05, 0) is 42.5 Å². The molecule has 9 heteroatoms. The number of benzene rings is 2. The number of anilines is 1. The highest BCUT2D eigenvalue weighted by Gasteiger charge is 2.23. The van der Waals surface area contributed by atoms with Gasteiger partial charge in [0.15, 0.2) is 0 Å². The van der Waals surface area contributed by atoms with Crippen molar-refractivity contribution in [3.05, 3.63) is 54.1 Å². The Morgan fingerprint density at radius 3 is 2.41 bits per heavy atom. The lowest BCUT2D eigenvalue weighted by Gasteiger charge is -2.26. The Hall–Kier alpha value is -2.39. The summed E-state index contributed by atoms with van der Waals surface area (Å²) in [7, 11) is -3.20. The Bertz CT molecular complexity index is 948. The molecule has 1 amide bonds.